The molecule has 1 saturated carbocycles. The quantitative estimate of drug-likeness (QED) is 0.775. The van der Waals surface area contributed by atoms with Crippen LogP contribution in [0.15, 0.2) is 11.1 Å². The lowest BCUT2D eigenvalue weighted by atomic mass is 9.82. The van der Waals surface area contributed by atoms with Gasteiger partial charge in [-0.25, -0.2) is 9.48 Å². The van der Waals surface area contributed by atoms with E-state index in [1.54, 1.807) is 7.05 Å². The summed E-state index contributed by atoms with van der Waals surface area (Å²) in [5.74, 6) is 0.204. The molecule has 7 nitrogen and oxygen atoms in total. The van der Waals surface area contributed by atoms with E-state index >= 15 is 0 Å². The number of carbonyl (C=O) groups excluding carboxylic acids is 1. The Morgan fingerprint density at radius 3 is 2.76 bits per heavy atom. The molecular weight excluding hydrogens is 272 g/mol. The van der Waals surface area contributed by atoms with Gasteiger partial charge in [0.2, 0.25) is 5.91 Å². The van der Waals surface area contributed by atoms with Crippen LogP contribution in [-0.2, 0) is 18.4 Å². The number of hydrogen-bond acceptors (Lipinski definition) is 4. The van der Waals surface area contributed by atoms with Gasteiger partial charge in [-0.3, -0.25) is 9.36 Å². The van der Waals surface area contributed by atoms with Crippen molar-refractivity contribution < 1.29 is 9.90 Å². The molecule has 2 rings (SSSR count). The van der Waals surface area contributed by atoms with Crippen molar-refractivity contribution in [3.63, 3.8) is 0 Å². The van der Waals surface area contributed by atoms with Crippen molar-refractivity contribution in [3.8, 4) is 0 Å². The van der Waals surface area contributed by atoms with E-state index in [0.29, 0.717) is 12.3 Å². The monoisotopic (exact) mass is 296 g/mol. The summed E-state index contributed by atoms with van der Waals surface area (Å²) >= 11 is 0. The van der Waals surface area contributed by atoms with Gasteiger partial charge in [-0.2, -0.15) is 5.10 Å². The maximum atomic E-state index is 12.1. The first-order chi connectivity index (χ1) is 10.1. The molecule has 0 spiro atoms. The molecule has 1 aromatic heterocycles. The minimum Gasteiger partial charge on any atom is -0.396 e. The number of amides is 1. The Hall–Kier alpha value is -1.63. The number of rotatable bonds is 6. The van der Waals surface area contributed by atoms with Crippen LogP contribution in [0.25, 0.3) is 0 Å². The van der Waals surface area contributed by atoms with Crippen molar-refractivity contribution in [1.29, 1.82) is 0 Å². The number of hydrogen-bond donors (Lipinski definition) is 2. The van der Waals surface area contributed by atoms with E-state index in [1.165, 1.54) is 30.2 Å². The first-order valence-electron chi connectivity index (χ1n) is 7.60. The zero-order valence-electron chi connectivity index (χ0n) is 12.5. The number of aryl methyl sites for hydroxylation is 1. The van der Waals surface area contributed by atoms with Gasteiger partial charge >= 0.3 is 5.69 Å². The molecular formula is C14H24N4O3. The number of aliphatic hydroxyl groups excluding tert-OH is 1. The van der Waals surface area contributed by atoms with E-state index in [9.17, 15) is 14.7 Å². The molecule has 2 N–H and O–H groups in total. The second-order valence-electron chi connectivity index (χ2n) is 5.77. The van der Waals surface area contributed by atoms with E-state index in [4.69, 9.17) is 0 Å². The molecule has 1 aliphatic carbocycles. The third-order valence-corrected chi connectivity index (χ3v) is 4.19. The van der Waals surface area contributed by atoms with Crippen molar-refractivity contribution in [2.75, 3.05) is 6.61 Å². The smallest absolute Gasteiger partial charge is 0.345 e. The molecule has 1 heterocycles. The van der Waals surface area contributed by atoms with Crippen LogP contribution >= 0.6 is 0 Å². The van der Waals surface area contributed by atoms with E-state index in [2.05, 4.69) is 10.4 Å². The number of nitrogens with one attached hydrogen (secondary N) is 1. The summed E-state index contributed by atoms with van der Waals surface area (Å²) < 4.78 is 2.48. The predicted molar refractivity (Wildman–Crippen MR) is 77.7 cm³/mol. The number of aliphatic hydroxyl groups is 1. The lowest BCUT2D eigenvalue weighted by molar-refractivity contribution is -0.123. The van der Waals surface area contributed by atoms with Gasteiger partial charge in [-0.05, 0) is 25.2 Å². The number of carbonyl (C=O) groups is 1. The van der Waals surface area contributed by atoms with E-state index < -0.39 is 0 Å². The van der Waals surface area contributed by atoms with Crippen LogP contribution < -0.4 is 11.0 Å². The van der Waals surface area contributed by atoms with Crippen LogP contribution in [0, 0.1) is 5.92 Å². The van der Waals surface area contributed by atoms with Gasteiger partial charge in [0.05, 0.1) is 0 Å². The average Bonchev–Trinajstić information content (AvgIpc) is 2.80. The molecule has 0 saturated heterocycles. The van der Waals surface area contributed by atoms with Crippen LogP contribution in [0.3, 0.4) is 0 Å². The van der Waals surface area contributed by atoms with Crippen LogP contribution in [0.5, 0.6) is 0 Å². The van der Waals surface area contributed by atoms with Crippen LogP contribution in [0.2, 0.25) is 0 Å². The van der Waals surface area contributed by atoms with Gasteiger partial charge < -0.3 is 10.4 Å². The maximum Gasteiger partial charge on any atom is 0.345 e. The van der Waals surface area contributed by atoms with E-state index in [0.717, 1.165) is 17.5 Å². The first-order valence-corrected chi connectivity index (χ1v) is 7.60. The second-order valence-corrected chi connectivity index (χ2v) is 5.77. The molecule has 1 aliphatic rings. The molecule has 1 unspecified atom stereocenters. The third-order valence-electron chi connectivity index (χ3n) is 4.19. The van der Waals surface area contributed by atoms with Crippen molar-refractivity contribution in [2.24, 2.45) is 13.0 Å². The number of aromatic nitrogens is 3. The summed E-state index contributed by atoms with van der Waals surface area (Å²) in [5, 5.41) is 16.0. The highest BCUT2D eigenvalue weighted by Crippen LogP contribution is 2.27. The van der Waals surface area contributed by atoms with Crippen LogP contribution in [0.4, 0.5) is 0 Å². The van der Waals surface area contributed by atoms with Crippen molar-refractivity contribution in [1.82, 2.24) is 19.7 Å². The van der Waals surface area contributed by atoms with Gasteiger partial charge in [0.15, 0.2) is 0 Å². The fourth-order valence-corrected chi connectivity index (χ4v) is 3.02. The highest BCUT2D eigenvalue weighted by molar-refractivity contribution is 5.75. The third kappa shape index (κ3) is 4.17. The maximum absolute atomic E-state index is 12.1. The van der Waals surface area contributed by atoms with Crippen molar-refractivity contribution in [2.45, 2.75) is 51.1 Å². The molecule has 0 aliphatic heterocycles. The van der Waals surface area contributed by atoms with E-state index in [1.807, 2.05) is 0 Å². The zero-order valence-corrected chi connectivity index (χ0v) is 12.5. The van der Waals surface area contributed by atoms with Gasteiger partial charge in [0.25, 0.3) is 0 Å². The van der Waals surface area contributed by atoms with Crippen molar-refractivity contribution in [3.05, 3.63) is 16.8 Å². The molecule has 1 amide bonds. The summed E-state index contributed by atoms with van der Waals surface area (Å²) in [5.41, 5.74) is -0.304. The highest BCUT2D eigenvalue weighted by Gasteiger charge is 2.25. The Morgan fingerprint density at radius 1 is 1.48 bits per heavy atom. The molecule has 0 aromatic carbocycles. The predicted octanol–water partition coefficient (Wildman–Crippen LogP) is 0.0293. The summed E-state index contributed by atoms with van der Waals surface area (Å²) in [4.78, 5) is 23.8. The normalized spacial score (nSPS) is 17.6. The summed E-state index contributed by atoms with van der Waals surface area (Å²) in [6, 6.07) is -0.0118. The Labute approximate surface area is 124 Å². The van der Waals surface area contributed by atoms with Gasteiger partial charge in [-0.15, -0.1) is 0 Å². The highest BCUT2D eigenvalue weighted by atomic mass is 16.3. The van der Waals surface area contributed by atoms with Crippen LogP contribution in [-0.4, -0.2) is 38.0 Å². The lowest BCUT2D eigenvalue weighted by Gasteiger charge is -2.30. The molecule has 7 heteroatoms. The Kier molecular flexibility index (Phi) is 5.55. The van der Waals surface area contributed by atoms with Crippen molar-refractivity contribution >= 4 is 5.91 Å². The second kappa shape index (κ2) is 7.40. The molecule has 1 atom stereocenters. The minimum atomic E-state index is -0.304. The molecule has 1 aromatic rings. The topological polar surface area (TPSA) is 89.2 Å². The Balaban J connectivity index is 1.94. The standard InChI is InChI=1S/C14H24N4O3/c1-17-10-15-18(14(17)21)9-13(20)16-12(7-8-19)11-5-3-2-4-6-11/h10-12,19H,2-9H2,1H3,(H,16,20). The molecule has 118 valence electrons. The summed E-state index contributed by atoms with van der Waals surface area (Å²) in [6.45, 7) is -0.0146. The van der Waals surface area contributed by atoms with E-state index in [-0.39, 0.29) is 30.8 Å². The Morgan fingerprint density at radius 2 is 2.19 bits per heavy atom. The molecule has 0 radical (unpaired) electrons. The SMILES string of the molecule is Cn1cnn(CC(=O)NC(CCO)C2CCCCC2)c1=O. The summed E-state index contributed by atoms with van der Waals surface area (Å²) in [6.07, 6.45) is 7.75. The largest absolute Gasteiger partial charge is 0.396 e. The lowest BCUT2D eigenvalue weighted by Crippen LogP contribution is -2.44. The van der Waals surface area contributed by atoms with Gasteiger partial charge in [0, 0.05) is 19.7 Å². The molecule has 0 bridgehead atoms. The first kappa shape index (κ1) is 15.8. The summed E-state index contributed by atoms with van der Waals surface area (Å²) in [7, 11) is 1.60. The van der Waals surface area contributed by atoms with Crippen LogP contribution in [0.1, 0.15) is 38.5 Å². The average molecular weight is 296 g/mol. The van der Waals surface area contributed by atoms with Gasteiger partial charge in [0.1, 0.15) is 12.9 Å². The molecule has 21 heavy (non-hydrogen) atoms. The minimum absolute atomic E-state index is 0.0118. The molecule has 1 fully saturated rings. The fraction of sp³-hybridized carbons (Fsp3) is 0.786. The fourth-order valence-electron chi connectivity index (χ4n) is 3.02. The Bertz CT molecular complexity index is 517. The van der Waals surface area contributed by atoms with Gasteiger partial charge in [-0.1, -0.05) is 19.3 Å². The number of nitrogens with zero attached hydrogens (tertiary/aromatic N) is 3. The zero-order chi connectivity index (χ0) is 15.2.